The van der Waals surface area contributed by atoms with Gasteiger partial charge in [0.25, 0.3) is 5.91 Å². The molecule has 4 rings (SSSR count). The molecule has 2 amide bonds. The number of carbonyl (C=O) groups is 2. The van der Waals surface area contributed by atoms with Gasteiger partial charge in [-0.1, -0.05) is 12.1 Å². The molecule has 1 aromatic carbocycles. The van der Waals surface area contributed by atoms with Crippen molar-refractivity contribution in [2.75, 3.05) is 13.1 Å². The molecule has 1 saturated heterocycles. The van der Waals surface area contributed by atoms with E-state index in [9.17, 15) is 9.59 Å². The van der Waals surface area contributed by atoms with Crippen molar-refractivity contribution in [1.82, 2.24) is 20.2 Å². The second-order valence-electron chi connectivity index (χ2n) is 6.58. The fourth-order valence-electron chi connectivity index (χ4n) is 3.27. The number of hydrogen-bond donors (Lipinski definition) is 1. The monoisotopic (exact) mass is 380 g/mol. The van der Waals surface area contributed by atoms with Gasteiger partial charge in [-0.15, -0.1) is 0 Å². The van der Waals surface area contributed by atoms with Gasteiger partial charge in [0.2, 0.25) is 11.8 Å². The van der Waals surface area contributed by atoms with E-state index in [1.165, 1.54) is 6.26 Å². The highest BCUT2D eigenvalue weighted by Gasteiger charge is 2.30. The molecule has 0 unspecified atom stereocenters. The summed E-state index contributed by atoms with van der Waals surface area (Å²) in [5.41, 5.74) is 0.170. The number of ether oxygens (including phenoxy) is 1. The zero-order chi connectivity index (χ0) is 19.5. The molecule has 1 atom stereocenters. The van der Waals surface area contributed by atoms with Gasteiger partial charge in [-0.3, -0.25) is 14.6 Å². The van der Waals surface area contributed by atoms with E-state index in [1.807, 2.05) is 31.2 Å². The summed E-state index contributed by atoms with van der Waals surface area (Å²) in [5.74, 6) is 0.677. The number of oxazole rings is 1. The maximum Gasteiger partial charge on any atom is 0.273 e. The molecular formula is C20H20N4O4. The zero-order valence-corrected chi connectivity index (χ0v) is 15.4. The molecule has 1 aliphatic heterocycles. The summed E-state index contributed by atoms with van der Waals surface area (Å²) in [4.78, 5) is 34.1. The lowest BCUT2D eigenvalue weighted by atomic mass is 10.1. The first kappa shape index (κ1) is 18.0. The van der Waals surface area contributed by atoms with Gasteiger partial charge in [0.05, 0.1) is 6.04 Å². The lowest BCUT2D eigenvalue weighted by Crippen LogP contribution is -2.37. The van der Waals surface area contributed by atoms with Crippen LogP contribution in [0, 0.1) is 0 Å². The Kier molecular flexibility index (Phi) is 4.92. The van der Waals surface area contributed by atoms with Crippen LogP contribution in [0.5, 0.6) is 5.75 Å². The first-order chi connectivity index (χ1) is 13.6. The van der Waals surface area contributed by atoms with Gasteiger partial charge < -0.3 is 19.4 Å². The van der Waals surface area contributed by atoms with E-state index >= 15 is 0 Å². The highest BCUT2D eigenvalue weighted by atomic mass is 16.5. The van der Waals surface area contributed by atoms with Crippen LogP contribution in [0.1, 0.15) is 29.7 Å². The number of rotatable bonds is 6. The molecule has 0 radical (unpaired) electrons. The predicted molar refractivity (Wildman–Crippen MR) is 101 cm³/mol. The summed E-state index contributed by atoms with van der Waals surface area (Å²) in [7, 11) is 0. The lowest BCUT2D eigenvalue weighted by molar-refractivity contribution is -0.127. The van der Waals surface area contributed by atoms with Crippen molar-refractivity contribution in [2.45, 2.75) is 26.0 Å². The molecule has 3 aromatic rings. The molecule has 1 fully saturated rings. The van der Waals surface area contributed by atoms with Gasteiger partial charge in [0, 0.05) is 42.7 Å². The average molecular weight is 380 g/mol. The normalized spacial score (nSPS) is 16.5. The number of carbonyl (C=O) groups excluding carboxylic acids is 2. The Morgan fingerprint density at radius 3 is 3.11 bits per heavy atom. The standard InChI is InChI=1S/C20H20N4O4/c1-2-24-10-14(8-19(24)25)22-20(26)16-11-28-18(23-16)12-27-17-5-3-4-13-9-21-7-6-15(13)17/h3-7,9,11,14H,2,8,10,12H2,1H3,(H,22,26)/t14-/m1/s1. The van der Waals surface area contributed by atoms with E-state index in [0.717, 1.165) is 10.8 Å². The van der Waals surface area contributed by atoms with Crippen LogP contribution >= 0.6 is 0 Å². The Hall–Kier alpha value is -3.42. The van der Waals surface area contributed by atoms with E-state index in [2.05, 4.69) is 15.3 Å². The molecule has 3 heterocycles. The molecule has 28 heavy (non-hydrogen) atoms. The summed E-state index contributed by atoms with van der Waals surface area (Å²) in [5, 5.41) is 4.74. The number of amides is 2. The third kappa shape index (κ3) is 3.66. The first-order valence-electron chi connectivity index (χ1n) is 9.12. The van der Waals surface area contributed by atoms with Gasteiger partial charge in [-0.05, 0) is 19.1 Å². The summed E-state index contributed by atoms with van der Waals surface area (Å²) < 4.78 is 11.2. The smallest absolute Gasteiger partial charge is 0.273 e. The highest BCUT2D eigenvalue weighted by molar-refractivity contribution is 5.93. The van der Waals surface area contributed by atoms with Crippen molar-refractivity contribution in [2.24, 2.45) is 0 Å². The number of hydrogen-bond acceptors (Lipinski definition) is 6. The van der Waals surface area contributed by atoms with Crippen molar-refractivity contribution < 1.29 is 18.7 Å². The topological polar surface area (TPSA) is 97.6 Å². The number of aromatic nitrogens is 2. The number of nitrogens with zero attached hydrogens (tertiary/aromatic N) is 3. The van der Waals surface area contributed by atoms with Crippen LogP contribution in [-0.2, 0) is 11.4 Å². The summed E-state index contributed by atoms with van der Waals surface area (Å²) >= 11 is 0. The third-order valence-corrected chi connectivity index (χ3v) is 4.71. The van der Waals surface area contributed by atoms with Crippen molar-refractivity contribution in [1.29, 1.82) is 0 Å². The lowest BCUT2D eigenvalue weighted by Gasteiger charge is -2.13. The second-order valence-corrected chi connectivity index (χ2v) is 6.58. The maximum atomic E-state index is 12.4. The molecule has 0 aliphatic carbocycles. The van der Waals surface area contributed by atoms with Crippen molar-refractivity contribution in [3.63, 3.8) is 0 Å². The summed E-state index contributed by atoms with van der Waals surface area (Å²) in [6.07, 6.45) is 5.08. The van der Waals surface area contributed by atoms with Crippen LogP contribution in [0.4, 0.5) is 0 Å². The SMILES string of the molecule is CCN1C[C@H](NC(=O)c2coc(COc3cccc4cnccc34)n2)CC1=O. The largest absolute Gasteiger partial charge is 0.483 e. The predicted octanol–water partition coefficient (Wildman–Crippen LogP) is 2.15. The summed E-state index contributed by atoms with van der Waals surface area (Å²) in [6.45, 7) is 3.17. The van der Waals surface area contributed by atoms with Gasteiger partial charge in [0.1, 0.15) is 12.0 Å². The minimum atomic E-state index is -0.359. The Morgan fingerprint density at radius 1 is 1.39 bits per heavy atom. The van der Waals surface area contributed by atoms with E-state index in [4.69, 9.17) is 9.15 Å². The Morgan fingerprint density at radius 2 is 2.29 bits per heavy atom. The van der Waals surface area contributed by atoms with Crippen molar-refractivity contribution in [3.8, 4) is 5.75 Å². The Labute approximate surface area is 161 Å². The third-order valence-electron chi connectivity index (χ3n) is 4.71. The molecule has 1 aliphatic rings. The van der Waals surface area contributed by atoms with Gasteiger partial charge >= 0.3 is 0 Å². The molecule has 0 saturated carbocycles. The first-order valence-corrected chi connectivity index (χ1v) is 9.12. The molecule has 0 bridgehead atoms. The van der Waals surface area contributed by atoms with E-state index < -0.39 is 0 Å². The molecule has 1 N–H and O–H groups in total. The number of pyridine rings is 1. The second kappa shape index (κ2) is 7.67. The molecule has 144 valence electrons. The van der Waals surface area contributed by atoms with Crippen LogP contribution in [0.2, 0.25) is 0 Å². The van der Waals surface area contributed by atoms with Crippen LogP contribution < -0.4 is 10.1 Å². The van der Waals surface area contributed by atoms with Crippen molar-refractivity contribution in [3.05, 3.63) is 54.5 Å². The molecule has 8 heteroatoms. The minimum absolute atomic E-state index is 0.0485. The number of likely N-dealkylation sites (tertiary alicyclic amines) is 1. The van der Waals surface area contributed by atoms with Gasteiger partial charge in [0.15, 0.2) is 12.3 Å². The highest BCUT2D eigenvalue weighted by Crippen LogP contribution is 2.25. The summed E-state index contributed by atoms with van der Waals surface area (Å²) in [6, 6.07) is 7.37. The zero-order valence-electron chi connectivity index (χ0n) is 15.4. The number of likely N-dealkylation sites (N-methyl/N-ethyl adjacent to an activating group) is 1. The van der Waals surface area contributed by atoms with Crippen LogP contribution in [-0.4, -0.2) is 45.8 Å². The molecule has 2 aromatic heterocycles. The number of benzene rings is 1. The fourth-order valence-corrected chi connectivity index (χ4v) is 3.27. The van der Waals surface area contributed by atoms with Crippen molar-refractivity contribution >= 4 is 22.6 Å². The number of fused-ring (bicyclic) bond motifs is 1. The van der Waals surface area contributed by atoms with Gasteiger partial charge in [-0.2, -0.15) is 0 Å². The fraction of sp³-hybridized carbons (Fsp3) is 0.300. The van der Waals surface area contributed by atoms with Gasteiger partial charge in [-0.25, -0.2) is 4.98 Å². The van der Waals surface area contributed by atoms with Crippen LogP contribution in [0.3, 0.4) is 0 Å². The Bertz CT molecular complexity index is 1010. The molecular weight excluding hydrogens is 360 g/mol. The average Bonchev–Trinajstić information content (AvgIpc) is 3.32. The number of nitrogens with one attached hydrogen (secondary N) is 1. The quantitative estimate of drug-likeness (QED) is 0.704. The van der Waals surface area contributed by atoms with Crippen LogP contribution in [0.15, 0.2) is 47.3 Å². The molecule has 0 spiro atoms. The maximum absolute atomic E-state index is 12.4. The van der Waals surface area contributed by atoms with Crippen LogP contribution in [0.25, 0.3) is 10.8 Å². The molecule has 8 nitrogen and oxygen atoms in total. The van der Waals surface area contributed by atoms with E-state index in [0.29, 0.717) is 31.2 Å². The van der Waals surface area contributed by atoms with E-state index in [-0.39, 0.29) is 30.2 Å². The minimum Gasteiger partial charge on any atom is -0.483 e. The Balaban J connectivity index is 1.38. The van der Waals surface area contributed by atoms with E-state index in [1.54, 1.807) is 17.3 Å².